The lowest BCUT2D eigenvalue weighted by atomic mass is 9.44. The van der Waals surface area contributed by atoms with E-state index in [0.29, 0.717) is 23.5 Å². The van der Waals surface area contributed by atoms with Crippen LogP contribution in [0, 0.1) is 28.6 Å². The molecule has 1 saturated heterocycles. The molecular formula is C46H53NO13. The van der Waals surface area contributed by atoms with Crippen LogP contribution in [0.5, 0.6) is 0 Å². The summed E-state index contributed by atoms with van der Waals surface area (Å²) in [5, 5.41) is 25.8. The predicted molar refractivity (Wildman–Crippen MR) is 212 cm³/mol. The highest BCUT2D eigenvalue weighted by Crippen LogP contribution is 2.65. The molecule has 4 fully saturated rings. The van der Waals surface area contributed by atoms with Crippen molar-refractivity contribution in [2.24, 2.45) is 33.6 Å². The van der Waals surface area contributed by atoms with Gasteiger partial charge in [-0.2, -0.15) is 0 Å². The van der Waals surface area contributed by atoms with Crippen molar-refractivity contribution >= 4 is 35.6 Å². The molecular weight excluding hydrogens is 774 g/mol. The second-order valence-corrected chi connectivity index (χ2v) is 18.5. The maximum absolute atomic E-state index is 15.5. The standard InChI is InChI=1S/C46H53NO13/c1-23(2)29-20-44(29)38(58-39(47-44)27-15-11-9-12-16-27)41(53)57-30-21-46(54)37(59-40(52)28-17-13-10-14-18-28)35-43(8,31(50)19-32-45(35,22-55-32)60-26(5)49)36(51)34(56-25(4)48)33(24(30)3)42(46,6)7/h9-18,23,29-32,34-35,37-38,50,54H,19-22H2,1-8H3/t29?,30-,31-,32+,34+,35-,37-,38-,43+,44-,45-,46+/m0/s1. The van der Waals surface area contributed by atoms with E-state index in [1.54, 1.807) is 39.0 Å². The van der Waals surface area contributed by atoms with Gasteiger partial charge >= 0.3 is 23.9 Å². The molecule has 2 heterocycles. The second-order valence-electron chi connectivity index (χ2n) is 18.5. The number of rotatable bonds is 8. The smallest absolute Gasteiger partial charge is 0.350 e. The normalized spacial score (nSPS) is 38.5. The minimum absolute atomic E-state index is 0.00883. The van der Waals surface area contributed by atoms with Gasteiger partial charge in [0.2, 0.25) is 12.0 Å². The molecule has 60 heavy (non-hydrogen) atoms. The summed E-state index contributed by atoms with van der Waals surface area (Å²) in [6.45, 7) is 12.6. The number of nitrogens with zero attached hydrogens (tertiary/aromatic N) is 1. The summed E-state index contributed by atoms with van der Waals surface area (Å²) in [5.41, 5.74) is -7.17. The largest absolute Gasteiger partial charge is 0.459 e. The van der Waals surface area contributed by atoms with Crippen LogP contribution in [0.15, 0.2) is 76.8 Å². The number of carbonyl (C=O) groups is 5. The number of aliphatic imine (C=N–C) groups is 1. The number of hydrogen-bond acceptors (Lipinski definition) is 14. The third-order valence-corrected chi connectivity index (χ3v) is 14.5. The molecule has 2 aromatic carbocycles. The minimum Gasteiger partial charge on any atom is -0.459 e. The van der Waals surface area contributed by atoms with Crippen LogP contribution in [0.1, 0.15) is 90.6 Å². The molecule has 8 rings (SSSR count). The Hall–Kier alpha value is -4.92. The van der Waals surface area contributed by atoms with Crippen molar-refractivity contribution < 1.29 is 62.6 Å². The second kappa shape index (κ2) is 14.3. The van der Waals surface area contributed by atoms with Crippen molar-refractivity contribution in [3.63, 3.8) is 0 Å². The Morgan fingerprint density at radius 3 is 2.12 bits per heavy atom. The van der Waals surface area contributed by atoms with Gasteiger partial charge < -0.3 is 38.6 Å². The fourth-order valence-electron chi connectivity index (χ4n) is 11.2. The monoisotopic (exact) mass is 827 g/mol. The zero-order valence-corrected chi connectivity index (χ0v) is 35.1. The summed E-state index contributed by atoms with van der Waals surface area (Å²) in [4.78, 5) is 75.5. The molecule has 12 atom stereocenters. The molecule has 320 valence electrons. The summed E-state index contributed by atoms with van der Waals surface area (Å²) < 4.78 is 37.2. The van der Waals surface area contributed by atoms with Gasteiger partial charge in [-0.1, -0.05) is 64.1 Å². The number of benzene rings is 2. The van der Waals surface area contributed by atoms with E-state index in [2.05, 4.69) is 13.8 Å². The number of esters is 4. The molecule has 0 amide bonds. The average molecular weight is 828 g/mol. The highest BCUT2D eigenvalue weighted by Gasteiger charge is 2.78. The highest BCUT2D eigenvalue weighted by molar-refractivity contribution is 5.99. The van der Waals surface area contributed by atoms with E-state index in [9.17, 15) is 29.4 Å². The lowest BCUT2D eigenvalue weighted by Gasteiger charge is -2.67. The van der Waals surface area contributed by atoms with Gasteiger partial charge in [0.1, 0.15) is 29.5 Å². The van der Waals surface area contributed by atoms with Crippen molar-refractivity contribution in [2.75, 3.05) is 6.61 Å². The van der Waals surface area contributed by atoms with Crippen LogP contribution >= 0.6 is 0 Å². The molecule has 0 radical (unpaired) electrons. The van der Waals surface area contributed by atoms with Crippen LogP contribution in [0.25, 0.3) is 0 Å². The Kier molecular flexibility index (Phi) is 9.99. The molecule has 2 bridgehead atoms. The molecule has 0 aromatic heterocycles. The van der Waals surface area contributed by atoms with E-state index in [0.717, 1.165) is 6.92 Å². The first kappa shape index (κ1) is 41.8. The lowest BCUT2D eigenvalue weighted by Crippen LogP contribution is -2.82. The van der Waals surface area contributed by atoms with Gasteiger partial charge in [-0.05, 0) is 67.5 Å². The number of carbonyl (C=O) groups excluding carboxylic acids is 5. The Bertz CT molecular complexity index is 2180. The summed E-state index contributed by atoms with van der Waals surface area (Å²) in [7, 11) is 0. The SMILES string of the molecule is CC(=O)O[C@H]1C(=O)[C@@]2(C)[C@H]([C@H](OC(=O)c3ccccc3)[C@]3(O)C[C@H](OC(=O)[C@@H]4OC(c5ccccc5)=N[C@]45CC5C(C)C)C(C)=C1C3(C)C)[C@]1(OC(C)=O)CO[C@@H]1C[C@@H]2O. The number of fused-ring (bicyclic) bond motifs is 5. The third kappa shape index (κ3) is 6.06. The molecule has 6 aliphatic rings. The summed E-state index contributed by atoms with van der Waals surface area (Å²) >= 11 is 0. The van der Waals surface area contributed by atoms with E-state index in [4.69, 9.17) is 33.4 Å². The number of aliphatic hydroxyl groups excluding tert-OH is 1. The van der Waals surface area contributed by atoms with E-state index >= 15 is 4.79 Å². The molecule has 2 N–H and O–H groups in total. The van der Waals surface area contributed by atoms with Gasteiger partial charge in [0.15, 0.2) is 17.5 Å². The zero-order valence-electron chi connectivity index (χ0n) is 35.1. The molecule has 1 unspecified atom stereocenters. The highest BCUT2D eigenvalue weighted by atomic mass is 16.6. The Morgan fingerprint density at radius 1 is 0.900 bits per heavy atom. The molecule has 2 aliphatic heterocycles. The minimum atomic E-state index is -2.27. The number of hydrogen-bond donors (Lipinski definition) is 2. The van der Waals surface area contributed by atoms with Gasteiger partial charge in [-0.25, -0.2) is 14.6 Å². The Balaban J connectivity index is 1.29. The maximum Gasteiger partial charge on any atom is 0.350 e. The Morgan fingerprint density at radius 2 is 1.55 bits per heavy atom. The fraction of sp³-hybridized carbons (Fsp3) is 0.565. The van der Waals surface area contributed by atoms with E-state index in [1.807, 2.05) is 30.3 Å². The number of ether oxygens (including phenoxy) is 6. The van der Waals surface area contributed by atoms with E-state index in [-0.39, 0.29) is 36.0 Å². The first-order valence-corrected chi connectivity index (χ1v) is 20.7. The van der Waals surface area contributed by atoms with Gasteiger partial charge in [0.25, 0.3) is 0 Å². The third-order valence-electron chi connectivity index (χ3n) is 14.5. The first-order valence-electron chi connectivity index (χ1n) is 20.7. The predicted octanol–water partition coefficient (Wildman–Crippen LogP) is 4.46. The van der Waals surface area contributed by atoms with Crippen molar-refractivity contribution in [3.8, 4) is 0 Å². The number of ketones is 1. The average Bonchev–Trinajstić information content (AvgIpc) is 3.79. The van der Waals surface area contributed by atoms with Crippen molar-refractivity contribution in [1.82, 2.24) is 0 Å². The Labute approximate surface area is 348 Å². The number of aliphatic hydroxyl groups is 2. The van der Waals surface area contributed by atoms with Crippen LogP contribution in [0.4, 0.5) is 0 Å². The van der Waals surface area contributed by atoms with E-state index < -0.39 is 106 Å². The van der Waals surface area contributed by atoms with Crippen molar-refractivity contribution in [1.29, 1.82) is 0 Å². The van der Waals surface area contributed by atoms with Gasteiger partial charge in [0, 0.05) is 37.7 Å². The quantitative estimate of drug-likeness (QED) is 0.216. The van der Waals surface area contributed by atoms with Gasteiger partial charge in [0.05, 0.1) is 29.6 Å². The maximum atomic E-state index is 15.5. The summed E-state index contributed by atoms with van der Waals surface area (Å²) in [6, 6.07) is 17.3. The van der Waals surface area contributed by atoms with Crippen LogP contribution in [-0.2, 0) is 47.6 Å². The van der Waals surface area contributed by atoms with Crippen molar-refractivity contribution in [2.45, 2.75) is 128 Å². The number of Topliss-reactive ketones (excluding diaryl/α,β-unsaturated/α-hetero) is 1. The molecule has 1 spiro atoms. The molecule has 3 saturated carbocycles. The molecule has 14 nitrogen and oxygen atoms in total. The van der Waals surface area contributed by atoms with Crippen LogP contribution in [0.2, 0.25) is 0 Å². The zero-order chi connectivity index (χ0) is 43.3. The summed E-state index contributed by atoms with van der Waals surface area (Å²) in [6.07, 6.45) is -8.34. The van der Waals surface area contributed by atoms with Gasteiger partial charge in [-0.15, -0.1) is 0 Å². The van der Waals surface area contributed by atoms with Crippen LogP contribution < -0.4 is 0 Å². The molecule has 2 aromatic rings. The van der Waals surface area contributed by atoms with Crippen molar-refractivity contribution in [3.05, 3.63) is 82.9 Å². The van der Waals surface area contributed by atoms with Crippen LogP contribution in [-0.4, -0.2) is 106 Å². The fourth-order valence-corrected chi connectivity index (χ4v) is 11.2. The molecule has 14 heteroatoms. The molecule has 4 aliphatic carbocycles. The first-order chi connectivity index (χ1) is 28.2. The van der Waals surface area contributed by atoms with Gasteiger partial charge in [-0.3, -0.25) is 14.4 Å². The topological polar surface area (TPSA) is 194 Å². The van der Waals surface area contributed by atoms with E-state index in [1.165, 1.54) is 26.0 Å². The summed E-state index contributed by atoms with van der Waals surface area (Å²) in [5.74, 6) is -4.96. The lowest BCUT2D eigenvalue weighted by molar-refractivity contribution is -0.346. The van der Waals surface area contributed by atoms with Crippen LogP contribution in [0.3, 0.4) is 0 Å².